The average molecular weight is 152 g/mol. The van der Waals surface area contributed by atoms with E-state index >= 15 is 0 Å². The van der Waals surface area contributed by atoms with Crippen LogP contribution in [-0.4, -0.2) is 5.71 Å². The molecule has 1 aliphatic carbocycles. The van der Waals surface area contributed by atoms with Gasteiger partial charge in [0.1, 0.15) is 0 Å². The molecule has 2 nitrogen and oxygen atoms in total. The topological polar surface area (TPSA) is 49.9 Å². The highest BCUT2D eigenvalue weighted by molar-refractivity contribution is 5.96. The van der Waals surface area contributed by atoms with Crippen LogP contribution in [0.3, 0.4) is 0 Å². The molecule has 0 heterocycles. The number of allylic oxidation sites excluding steroid dienone is 2. The van der Waals surface area contributed by atoms with Gasteiger partial charge in [0.2, 0.25) is 0 Å². The van der Waals surface area contributed by atoms with Crippen molar-refractivity contribution in [1.29, 1.82) is 5.41 Å². The molecule has 0 amide bonds. The van der Waals surface area contributed by atoms with E-state index in [0.29, 0.717) is 5.71 Å². The molecule has 0 aromatic heterocycles. The fourth-order valence-corrected chi connectivity index (χ4v) is 1.53. The maximum Gasteiger partial charge on any atom is 0.0332 e. The van der Waals surface area contributed by atoms with Crippen LogP contribution in [0, 0.1) is 5.41 Å². The standard InChI is InChI=1S/C9H16N2/c1-7(10)8-5-3-2-4-6-9(8)11/h10H,2-6,11H2,1H3. The zero-order chi connectivity index (χ0) is 8.27. The van der Waals surface area contributed by atoms with Crippen LogP contribution in [0.4, 0.5) is 0 Å². The summed E-state index contributed by atoms with van der Waals surface area (Å²) in [5.74, 6) is 0. The molecule has 0 radical (unpaired) electrons. The summed E-state index contributed by atoms with van der Waals surface area (Å²) in [7, 11) is 0. The summed E-state index contributed by atoms with van der Waals surface area (Å²) in [6.07, 6.45) is 5.67. The van der Waals surface area contributed by atoms with Crippen LogP contribution >= 0.6 is 0 Å². The summed E-state index contributed by atoms with van der Waals surface area (Å²) >= 11 is 0. The summed E-state index contributed by atoms with van der Waals surface area (Å²) in [4.78, 5) is 0. The molecule has 0 aliphatic heterocycles. The van der Waals surface area contributed by atoms with Crippen molar-refractivity contribution in [2.75, 3.05) is 0 Å². The Balaban J connectivity index is 2.76. The Morgan fingerprint density at radius 2 is 1.91 bits per heavy atom. The van der Waals surface area contributed by atoms with Gasteiger partial charge in [-0.15, -0.1) is 0 Å². The second-order valence-corrected chi connectivity index (χ2v) is 3.19. The van der Waals surface area contributed by atoms with E-state index in [4.69, 9.17) is 11.1 Å². The molecular weight excluding hydrogens is 136 g/mol. The highest BCUT2D eigenvalue weighted by atomic mass is 14.6. The van der Waals surface area contributed by atoms with Gasteiger partial charge in [0, 0.05) is 11.4 Å². The third-order valence-corrected chi connectivity index (χ3v) is 2.21. The normalized spacial score (nSPS) is 19.7. The van der Waals surface area contributed by atoms with E-state index in [2.05, 4.69) is 0 Å². The van der Waals surface area contributed by atoms with Crippen LogP contribution in [0.15, 0.2) is 11.3 Å². The Kier molecular flexibility index (Phi) is 2.69. The summed E-state index contributed by atoms with van der Waals surface area (Å²) in [5.41, 5.74) is 8.53. The lowest BCUT2D eigenvalue weighted by molar-refractivity contribution is 0.707. The molecule has 2 heteroatoms. The number of rotatable bonds is 1. The van der Waals surface area contributed by atoms with Gasteiger partial charge in [-0.1, -0.05) is 6.42 Å². The van der Waals surface area contributed by atoms with Gasteiger partial charge in [-0.2, -0.15) is 0 Å². The molecule has 3 N–H and O–H groups in total. The molecule has 11 heavy (non-hydrogen) atoms. The van der Waals surface area contributed by atoms with E-state index in [-0.39, 0.29) is 0 Å². The van der Waals surface area contributed by atoms with Crippen molar-refractivity contribution in [2.45, 2.75) is 39.0 Å². The zero-order valence-corrected chi connectivity index (χ0v) is 7.11. The monoisotopic (exact) mass is 152 g/mol. The molecule has 0 bridgehead atoms. The van der Waals surface area contributed by atoms with Gasteiger partial charge in [0.15, 0.2) is 0 Å². The van der Waals surface area contributed by atoms with Crippen LogP contribution in [0.2, 0.25) is 0 Å². The molecule has 0 aromatic carbocycles. The quantitative estimate of drug-likeness (QED) is 0.556. The maximum atomic E-state index is 7.48. The minimum Gasteiger partial charge on any atom is -0.402 e. The first-order valence-electron chi connectivity index (χ1n) is 4.25. The van der Waals surface area contributed by atoms with Crippen molar-refractivity contribution in [3.05, 3.63) is 11.3 Å². The van der Waals surface area contributed by atoms with E-state index in [1.165, 1.54) is 19.3 Å². The first-order valence-corrected chi connectivity index (χ1v) is 4.25. The first-order chi connectivity index (χ1) is 5.22. The molecule has 0 aromatic rings. The van der Waals surface area contributed by atoms with Crippen molar-refractivity contribution in [3.63, 3.8) is 0 Å². The Bertz CT molecular complexity index is 192. The van der Waals surface area contributed by atoms with E-state index in [1.807, 2.05) is 6.92 Å². The van der Waals surface area contributed by atoms with Gasteiger partial charge in [0.25, 0.3) is 0 Å². The third kappa shape index (κ3) is 2.07. The van der Waals surface area contributed by atoms with Crippen LogP contribution in [-0.2, 0) is 0 Å². The predicted octanol–water partition coefficient (Wildman–Crippen LogP) is 2.20. The summed E-state index contributed by atoms with van der Waals surface area (Å²) in [6.45, 7) is 1.83. The summed E-state index contributed by atoms with van der Waals surface area (Å²) < 4.78 is 0. The van der Waals surface area contributed by atoms with Crippen molar-refractivity contribution in [1.82, 2.24) is 0 Å². The van der Waals surface area contributed by atoms with Gasteiger partial charge in [-0.3, -0.25) is 0 Å². The minimum absolute atomic E-state index is 0.657. The molecular formula is C9H16N2. The van der Waals surface area contributed by atoms with E-state index in [1.54, 1.807) is 0 Å². The zero-order valence-electron chi connectivity index (χ0n) is 7.11. The maximum absolute atomic E-state index is 7.48. The Morgan fingerprint density at radius 3 is 2.55 bits per heavy atom. The molecule has 0 saturated carbocycles. The highest BCUT2D eigenvalue weighted by Crippen LogP contribution is 2.20. The fraction of sp³-hybridized carbons (Fsp3) is 0.667. The van der Waals surface area contributed by atoms with Gasteiger partial charge < -0.3 is 11.1 Å². The van der Waals surface area contributed by atoms with Crippen molar-refractivity contribution in [2.24, 2.45) is 5.73 Å². The Hall–Kier alpha value is -0.790. The number of hydrogen-bond donors (Lipinski definition) is 2. The van der Waals surface area contributed by atoms with Gasteiger partial charge in [-0.25, -0.2) is 0 Å². The minimum atomic E-state index is 0.657. The highest BCUT2D eigenvalue weighted by Gasteiger charge is 2.09. The fourth-order valence-electron chi connectivity index (χ4n) is 1.53. The Labute approximate surface area is 68.0 Å². The third-order valence-electron chi connectivity index (χ3n) is 2.21. The lowest BCUT2D eigenvalue weighted by atomic mass is 10.1. The largest absolute Gasteiger partial charge is 0.402 e. The molecule has 62 valence electrons. The second kappa shape index (κ2) is 3.56. The summed E-state index contributed by atoms with van der Waals surface area (Å²) in [6, 6.07) is 0. The van der Waals surface area contributed by atoms with Gasteiger partial charge in [-0.05, 0) is 38.2 Å². The van der Waals surface area contributed by atoms with E-state index < -0.39 is 0 Å². The van der Waals surface area contributed by atoms with E-state index in [0.717, 1.165) is 24.1 Å². The van der Waals surface area contributed by atoms with Crippen LogP contribution in [0.5, 0.6) is 0 Å². The lowest BCUT2D eigenvalue weighted by Gasteiger charge is -2.05. The lowest BCUT2D eigenvalue weighted by Crippen LogP contribution is -2.06. The predicted molar refractivity (Wildman–Crippen MR) is 47.7 cm³/mol. The second-order valence-electron chi connectivity index (χ2n) is 3.19. The smallest absolute Gasteiger partial charge is 0.0332 e. The van der Waals surface area contributed by atoms with E-state index in [9.17, 15) is 0 Å². The number of hydrogen-bond acceptors (Lipinski definition) is 2. The number of nitrogens with one attached hydrogen (secondary N) is 1. The van der Waals surface area contributed by atoms with Gasteiger partial charge in [0.05, 0.1) is 0 Å². The SMILES string of the molecule is CC(=N)C1=C(N)CCCCC1. The van der Waals surface area contributed by atoms with Crippen LogP contribution < -0.4 is 5.73 Å². The van der Waals surface area contributed by atoms with Crippen LogP contribution in [0.1, 0.15) is 39.0 Å². The molecule has 1 rings (SSSR count). The van der Waals surface area contributed by atoms with Crippen molar-refractivity contribution >= 4 is 5.71 Å². The molecule has 0 spiro atoms. The Morgan fingerprint density at radius 1 is 1.27 bits per heavy atom. The van der Waals surface area contributed by atoms with Crippen LogP contribution in [0.25, 0.3) is 0 Å². The summed E-state index contributed by atoms with van der Waals surface area (Å²) in [5, 5.41) is 7.48. The average Bonchev–Trinajstić information content (AvgIpc) is 2.13. The molecule has 0 saturated heterocycles. The van der Waals surface area contributed by atoms with Gasteiger partial charge >= 0.3 is 0 Å². The first kappa shape index (κ1) is 8.31. The number of nitrogens with two attached hydrogens (primary N) is 1. The van der Waals surface area contributed by atoms with Crippen molar-refractivity contribution in [3.8, 4) is 0 Å². The molecule has 1 aliphatic rings. The molecule has 0 atom stereocenters. The molecule has 0 fully saturated rings. The molecule has 0 unspecified atom stereocenters. The van der Waals surface area contributed by atoms with Crippen molar-refractivity contribution < 1.29 is 0 Å².